The van der Waals surface area contributed by atoms with Gasteiger partial charge in [0.1, 0.15) is 5.75 Å². The van der Waals surface area contributed by atoms with Gasteiger partial charge in [-0.15, -0.1) is 11.3 Å². The number of nitrogens with zero attached hydrogens (tertiary/aromatic N) is 1. The number of carbonyl (C=O) groups is 2. The molecule has 1 aromatic heterocycles. The van der Waals surface area contributed by atoms with Crippen molar-refractivity contribution in [3.63, 3.8) is 0 Å². The number of hydrogen-bond acceptors (Lipinski definition) is 5. The highest BCUT2D eigenvalue weighted by atomic mass is 32.1. The van der Waals surface area contributed by atoms with E-state index in [4.69, 9.17) is 4.74 Å². The minimum atomic E-state index is -0.740. The molecule has 1 aromatic carbocycles. The molecular weight excluding hydrogens is 388 g/mol. The van der Waals surface area contributed by atoms with E-state index in [-0.39, 0.29) is 11.4 Å². The highest BCUT2D eigenvalue weighted by molar-refractivity contribution is 7.12. The number of hydrogen-bond donors (Lipinski definition) is 1. The molecule has 7 heteroatoms. The molecule has 1 N–H and O–H groups in total. The van der Waals surface area contributed by atoms with Crippen LogP contribution in [0.1, 0.15) is 35.1 Å². The molecule has 0 spiro atoms. The third-order valence-corrected chi connectivity index (χ3v) is 6.28. The van der Waals surface area contributed by atoms with Crippen LogP contribution in [0.2, 0.25) is 0 Å². The van der Waals surface area contributed by atoms with Gasteiger partial charge in [-0.3, -0.25) is 9.59 Å². The first-order valence-corrected chi connectivity index (χ1v) is 10.7. The number of para-hydroxylation sites is 1. The van der Waals surface area contributed by atoms with Crippen LogP contribution in [0.5, 0.6) is 5.75 Å². The summed E-state index contributed by atoms with van der Waals surface area (Å²) >= 11 is 1.27. The summed E-state index contributed by atoms with van der Waals surface area (Å²) < 4.78 is 5.49. The fourth-order valence-electron chi connectivity index (χ4n) is 3.74. The predicted octanol–water partition coefficient (Wildman–Crippen LogP) is 1.06. The standard InChI is InChI=1S/C22H26N2O4S/c1-4-23(5-2)12-13-24-19(15-9-6-7-10-16(15)28-3)18(21(26)22(24)27)20(25)17-11-8-14-29-17/h6-11,14,19,26H,4-5,12-13H2,1-3H3. The van der Waals surface area contributed by atoms with Crippen molar-refractivity contribution in [2.45, 2.75) is 19.9 Å². The van der Waals surface area contributed by atoms with E-state index < -0.39 is 17.7 Å². The molecule has 1 unspecified atom stereocenters. The van der Waals surface area contributed by atoms with Crippen molar-refractivity contribution in [2.24, 2.45) is 0 Å². The van der Waals surface area contributed by atoms with Gasteiger partial charge in [0.15, 0.2) is 0 Å². The average molecular weight is 415 g/mol. The van der Waals surface area contributed by atoms with Crippen LogP contribution in [0.3, 0.4) is 0 Å². The lowest BCUT2D eigenvalue weighted by Crippen LogP contribution is -3.12. The maximum Gasteiger partial charge on any atom is 0.240 e. The summed E-state index contributed by atoms with van der Waals surface area (Å²) in [6, 6.07) is 9.95. The lowest BCUT2D eigenvalue weighted by molar-refractivity contribution is -0.895. The molecule has 2 aromatic rings. The molecule has 1 aliphatic heterocycles. The number of ether oxygens (including phenoxy) is 1. The van der Waals surface area contributed by atoms with Crippen molar-refractivity contribution in [3.05, 3.63) is 63.6 Å². The Morgan fingerprint density at radius 2 is 1.93 bits per heavy atom. The maximum atomic E-state index is 13.2. The van der Waals surface area contributed by atoms with Gasteiger partial charge in [0.2, 0.25) is 11.7 Å². The number of likely N-dealkylation sites (N-methyl/N-ethyl adjacent to an activating group) is 1. The second-order valence-electron chi connectivity index (χ2n) is 6.90. The summed E-state index contributed by atoms with van der Waals surface area (Å²) in [7, 11) is 1.54. The monoisotopic (exact) mass is 414 g/mol. The number of amides is 1. The zero-order valence-electron chi connectivity index (χ0n) is 16.9. The minimum absolute atomic E-state index is 0.0106. The van der Waals surface area contributed by atoms with Gasteiger partial charge in [0.25, 0.3) is 0 Å². The molecule has 29 heavy (non-hydrogen) atoms. The van der Waals surface area contributed by atoms with Crippen LogP contribution in [0.4, 0.5) is 0 Å². The lowest BCUT2D eigenvalue weighted by Gasteiger charge is -2.29. The summed E-state index contributed by atoms with van der Waals surface area (Å²) in [6.07, 6.45) is 0. The Hall–Kier alpha value is -2.64. The summed E-state index contributed by atoms with van der Waals surface area (Å²) in [5.41, 5.74) is 0.667. The Bertz CT molecular complexity index is 903. The number of benzene rings is 1. The molecule has 154 valence electrons. The van der Waals surface area contributed by atoms with E-state index in [1.807, 2.05) is 18.2 Å². The quantitative estimate of drug-likeness (QED) is 0.623. The third-order valence-electron chi connectivity index (χ3n) is 5.41. The number of rotatable bonds is 9. The molecule has 0 saturated carbocycles. The van der Waals surface area contributed by atoms with Crippen molar-refractivity contribution in [1.29, 1.82) is 0 Å². The molecule has 1 aliphatic rings. The fourth-order valence-corrected chi connectivity index (χ4v) is 4.42. The minimum Gasteiger partial charge on any atom is -0.868 e. The van der Waals surface area contributed by atoms with Crippen molar-refractivity contribution < 1.29 is 24.3 Å². The number of Topliss-reactive ketones (excluding diaryl/α,β-unsaturated/α-hetero) is 1. The largest absolute Gasteiger partial charge is 0.868 e. The van der Waals surface area contributed by atoms with Gasteiger partial charge in [0, 0.05) is 11.1 Å². The third kappa shape index (κ3) is 4.06. The summed E-state index contributed by atoms with van der Waals surface area (Å²) in [6.45, 7) is 7.13. The number of thiophene rings is 1. The number of carbonyl (C=O) groups excluding carboxylic acids is 2. The van der Waals surface area contributed by atoms with E-state index in [1.165, 1.54) is 21.1 Å². The molecule has 6 nitrogen and oxygen atoms in total. The molecule has 2 heterocycles. The first-order valence-electron chi connectivity index (χ1n) is 9.80. The van der Waals surface area contributed by atoms with Crippen molar-refractivity contribution in [1.82, 2.24) is 4.90 Å². The zero-order valence-corrected chi connectivity index (χ0v) is 17.8. The number of methoxy groups -OCH3 is 1. The molecule has 1 atom stereocenters. The van der Waals surface area contributed by atoms with Crippen molar-refractivity contribution >= 4 is 23.0 Å². The number of quaternary nitrogens is 1. The number of ketones is 1. The van der Waals surface area contributed by atoms with Gasteiger partial charge in [-0.1, -0.05) is 24.3 Å². The molecule has 0 saturated heterocycles. The van der Waals surface area contributed by atoms with Gasteiger partial charge in [-0.25, -0.2) is 0 Å². The van der Waals surface area contributed by atoms with E-state index >= 15 is 0 Å². The Morgan fingerprint density at radius 1 is 1.21 bits per heavy atom. The van der Waals surface area contributed by atoms with E-state index in [1.54, 1.807) is 30.7 Å². The first-order chi connectivity index (χ1) is 14.0. The fraction of sp³-hybridized carbons (Fsp3) is 0.364. The van der Waals surface area contributed by atoms with Crippen LogP contribution in [-0.2, 0) is 4.79 Å². The SMILES string of the molecule is CC[NH+](CC)CCN1C(=O)C([O-])=C(C(=O)c2cccs2)C1c1ccccc1OC. The van der Waals surface area contributed by atoms with E-state index in [0.29, 0.717) is 29.3 Å². The Kier molecular flexibility index (Phi) is 6.71. The van der Waals surface area contributed by atoms with Crippen molar-refractivity contribution in [3.8, 4) is 5.75 Å². The summed E-state index contributed by atoms with van der Waals surface area (Å²) in [4.78, 5) is 29.4. The Balaban J connectivity index is 2.05. The smallest absolute Gasteiger partial charge is 0.240 e. The highest BCUT2D eigenvalue weighted by Gasteiger charge is 2.41. The lowest BCUT2D eigenvalue weighted by atomic mass is 9.94. The maximum absolute atomic E-state index is 13.2. The van der Waals surface area contributed by atoms with Gasteiger partial charge in [0.05, 0.1) is 44.2 Å². The normalized spacial score (nSPS) is 16.8. The summed E-state index contributed by atoms with van der Waals surface area (Å²) in [5.74, 6) is -1.16. The van der Waals surface area contributed by atoms with Gasteiger partial charge in [-0.2, -0.15) is 0 Å². The molecule has 1 amide bonds. The highest BCUT2D eigenvalue weighted by Crippen LogP contribution is 2.41. The molecule has 0 radical (unpaired) electrons. The van der Waals surface area contributed by atoms with Crippen LogP contribution < -0.4 is 14.7 Å². The van der Waals surface area contributed by atoms with Crippen LogP contribution in [-0.4, -0.2) is 49.9 Å². The Morgan fingerprint density at radius 3 is 2.55 bits per heavy atom. The molecule has 0 aliphatic carbocycles. The van der Waals surface area contributed by atoms with Gasteiger partial charge in [-0.05, 0) is 37.1 Å². The average Bonchev–Trinajstić information content (AvgIpc) is 3.37. The van der Waals surface area contributed by atoms with Crippen LogP contribution in [0, 0.1) is 0 Å². The van der Waals surface area contributed by atoms with E-state index in [2.05, 4.69) is 13.8 Å². The van der Waals surface area contributed by atoms with E-state index in [0.717, 1.165) is 13.1 Å². The van der Waals surface area contributed by atoms with Crippen LogP contribution in [0.25, 0.3) is 0 Å². The molecule has 0 fully saturated rings. The predicted molar refractivity (Wildman–Crippen MR) is 110 cm³/mol. The van der Waals surface area contributed by atoms with Crippen LogP contribution in [0.15, 0.2) is 53.1 Å². The summed E-state index contributed by atoms with van der Waals surface area (Å²) in [5, 5.41) is 14.7. The molecule has 3 rings (SSSR count). The van der Waals surface area contributed by atoms with E-state index in [9.17, 15) is 14.7 Å². The Labute approximate surface area is 175 Å². The topological polar surface area (TPSA) is 74.1 Å². The van der Waals surface area contributed by atoms with Crippen molar-refractivity contribution in [2.75, 3.05) is 33.3 Å². The zero-order chi connectivity index (χ0) is 21.0. The van der Waals surface area contributed by atoms with Crippen LogP contribution >= 0.6 is 11.3 Å². The first kappa shape index (κ1) is 21.1. The molecule has 0 bridgehead atoms. The van der Waals surface area contributed by atoms with Gasteiger partial charge < -0.3 is 19.6 Å². The second kappa shape index (κ2) is 9.24. The second-order valence-corrected chi connectivity index (χ2v) is 7.85. The number of nitrogens with one attached hydrogen (secondary N) is 1. The van der Waals surface area contributed by atoms with Gasteiger partial charge >= 0.3 is 0 Å². The molecular formula is C22H26N2O4S.